The Kier molecular flexibility index (Phi) is 4.71. The highest BCUT2D eigenvalue weighted by Crippen LogP contribution is 2.45. The molecule has 0 spiro atoms. The second-order valence-corrected chi connectivity index (χ2v) is 10.3. The minimum atomic E-state index is -3.88. The molecular formula is C21H23N5O4S. The highest BCUT2D eigenvalue weighted by atomic mass is 32.2. The second kappa shape index (κ2) is 7.31. The summed E-state index contributed by atoms with van der Waals surface area (Å²) < 4.78 is 27.3. The smallest absolute Gasteiger partial charge is 0.311 e. The molecule has 0 aliphatic heterocycles. The largest absolute Gasteiger partial charge is 0.376 e. The molecule has 2 saturated carbocycles. The molecule has 0 bridgehead atoms. The number of benzene rings is 1. The molecule has 10 heteroatoms. The standard InChI is InChI=1S/C21H23N5O4S/c22-15-8-13-10-16(11-14(13)9-15)24-20-18-6-7-25(21(18)23-12-19(20)26(27)28)31(29,30)17-4-2-1-3-5-17/h1-7,12-16H,8-11,22H2,(H,23,24)/t13-,14+,15+,16+. The molecule has 2 aliphatic rings. The molecule has 3 N–H and O–H groups in total. The summed E-state index contributed by atoms with van der Waals surface area (Å²) in [6.45, 7) is 0. The zero-order chi connectivity index (χ0) is 21.8. The molecule has 4 atom stereocenters. The van der Waals surface area contributed by atoms with E-state index in [9.17, 15) is 18.5 Å². The summed E-state index contributed by atoms with van der Waals surface area (Å²) in [6, 6.07) is 9.95. The van der Waals surface area contributed by atoms with Crippen molar-refractivity contribution >= 4 is 32.4 Å². The Morgan fingerprint density at radius 2 is 1.77 bits per heavy atom. The van der Waals surface area contributed by atoms with Gasteiger partial charge in [-0.05, 0) is 55.7 Å². The van der Waals surface area contributed by atoms with Crippen LogP contribution in [0.4, 0.5) is 11.4 Å². The summed E-state index contributed by atoms with van der Waals surface area (Å²) in [4.78, 5) is 15.5. The van der Waals surface area contributed by atoms with Gasteiger partial charge in [-0.15, -0.1) is 0 Å². The molecule has 0 unspecified atom stereocenters. The molecule has 0 radical (unpaired) electrons. The summed E-state index contributed by atoms with van der Waals surface area (Å²) in [7, 11) is -3.88. The van der Waals surface area contributed by atoms with Crippen LogP contribution >= 0.6 is 0 Å². The molecule has 162 valence electrons. The highest BCUT2D eigenvalue weighted by molar-refractivity contribution is 7.90. The molecule has 0 amide bonds. The van der Waals surface area contributed by atoms with Gasteiger partial charge in [-0.3, -0.25) is 10.1 Å². The van der Waals surface area contributed by atoms with E-state index in [0.29, 0.717) is 22.9 Å². The van der Waals surface area contributed by atoms with Crippen LogP contribution in [0.25, 0.3) is 11.0 Å². The molecule has 2 aromatic heterocycles. The van der Waals surface area contributed by atoms with Crippen molar-refractivity contribution in [1.29, 1.82) is 0 Å². The lowest BCUT2D eigenvalue weighted by Gasteiger charge is -2.17. The Morgan fingerprint density at radius 3 is 2.42 bits per heavy atom. The molecule has 0 saturated heterocycles. The summed E-state index contributed by atoms with van der Waals surface area (Å²) in [5, 5.41) is 15.5. The number of anilines is 1. The van der Waals surface area contributed by atoms with Gasteiger partial charge in [0.25, 0.3) is 10.0 Å². The quantitative estimate of drug-likeness (QED) is 0.459. The number of rotatable bonds is 5. The molecule has 9 nitrogen and oxygen atoms in total. The third-order valence-electron chi connectivity index (χ3n) is 6.56. The van der Waals surface area contributed by atoms with Gasteiger partial charge in [0.05, 0.1) is 15.2 Å². The van der Waals surface area contributed by atoms with Gasteiger partial charge in [-0.25, -0.2) is 17.4 Å². The normalized spacial score (nSPS) is 25.6. The van der Waals surface area contributed by atoms with Crippen LogP contribution in [0.15, 0.2) is 53.7 Å². The molecule has 1 aromatic carbocycles. The van der Waals surface area contributed by atoms with Crippen LogP contribution in [0.1, 0.15) is 25.7 Å². The Bertz CT molecular complexity index is 1240. The van der Waals surface area contributed by atoms with Gasteiger partial charge < -0.3 is 11.1 Å². The SMILES string of the molecule is N[C@H]1C[C@@H]2C[C@H](Nc3c([N+](=O)[O-])cnc4c3ccn4S(=O)(=O)c3ccccc3)C[C@@H]2C1. The maximum absolute atomic E-state index is 13.1. The predicted octanol–water partition coefficient (Wildman–Crippen LogP) is 3.11. The lowest BCUT2D eigenvalue weighted by molar-refractivity contribution is -0.384. The third kappa shape index (κ3) is 3.35. The van der Waals surface area contributed by atoms with E-state index in [-0.39, 0.29) is 28.3 Å². The minimum absolute atomic E-state index is 0.0841. The zero-order valence-corrected chi connectivity index (χ0v) is 17.5. The first kappa shape index (κ1) is 20.0. The Hall–Kier alpha value is -2.98. The number of aromatic nitrogens is 2. The molecular weight excluding hydrogens is 418 g/mol. The van der Waals surface area contributed by atoms with Gasteiger partial charge in [0.2, 0.25) is 0 Å². The van der Waals surface area contributed by atoms with Crippen molar-refractivity contribution in [2.75, 3.05) is 5.32 Å². The Morgan fingerprint density at radius 1 is 1.10 bits per heavy atom. The van der Waals surface area contributed by atoms with Crippen molar-refractivity contribution in [2.24, 2.45) is 17.6 Å². The lowest BCUT2D eigenvalue weighted by atomic mass is 10.0. The Labute approximate surface area is 179 Å². The topological polar surface area (TPSA) is 133 Å². The molecule has 2 fully saturated rings. The first-order chi connectivity index (χ1) is 14.8. The van der Waals surface area contributed by atoms with Crippen LogP contribution in [0.2, 0.25) is 0 Å². The number of fused-ring (bicyclic) bond motifs is 2. The number of pyridine rings is 1. The van der Waals surface area contributed by atoms with Crippen molar-refractivity contribution in [3.63, 3.8) is 0 Å². The fourth-order valence-electron chi connectivity index (χ4n) is 5.23. The summed E-state index contributed by atoms with van der Waals surface area (Å²) in [5.74, 6) is 1.07. The summed E-state index contributed by atoms with van der Waals surface area (Å²) >= 11 is 0. The van der Waals surface area contributed by atoms with Crippen LogP contribution in [-0.2, 0) is 10.0 Å². The summed E-state index contributed by atoms with van der Waals surface area (Å²) in [5.41, 5.74) is 6.41. The zero-order valence-electron chi connectivity index (χ0n) is 16.7. The maximum atomic E-state index is 13.1. The van der Waals surface area contributed by atoms with E-state index in [1.807, 2.05) is 0 Å². The van der Waals surface area contributed by atoms with Crippen molar-refractivity contribution in [2.45, 2.75) is 42.7 Å². The lowest BCUT2D eigenvalue weighted by Crippen LogP contribution is -2.21. The summed E-state index contributed by atoms with van der Waals surface area (Å²) in [6.07, 6.45) is 6.32. The van der Waals surface area contributed by atoms with Crippen LogP contribution in [-0.4, -0.2) is 34.4 Å². The number of nitrogens with zero attached hydrogens (tertiary/aromatic N) is 3. The van der Waals surface area contributed by atoms with E-state index in [2.05, 4.69) is 10.3 Å². The predicted molar refractivity (Wildman–Crippen MR) is 116 cm³/mol. The fourth-order valence-corrected chi connectivity index (χ4v) is 6.55. The van der Waals surface area contributed by atoms with E-state index in [4.69, 9.17) is 5.73 Å². The minimum Gasteiger partial charge on any atom is -0.376 e. The molecule has 3 aromatic rings. The monoisotopic (exact) mass is 441 g/mol. The number of hydrogen-bond acceptors (Lipinski definition) is 7. The van der Waals surface area contributed by atoms with Gasteiger partial charge in [0, 0.05) is 18.3 Å². The van der Waals surface area contributed by atoms with E-state index < -0.39 is 14.9 Å². The molecule has 2 aliphatic carbocycles. The number of nitrogens with two attached hydrogens (primary N) is 1. The van der Waals surface area contributed by atoms with Crippen LogP contribution in [0.3, 0.4) is 0 Å². The first-order valence-corrected chi connectivity index (χ1v) is 11.8. The van der Waals surface area contributed by atoms with Gasteiger partial charge in [-0.2, -0.15) is 0 Å². The van der Waals surface area contributed by atoms with Crippen LogP contribution in [0.5, 0.6) is 0 Å². The van der Waals surface area contributed by atoms with E-state index >= 15 is 0 Å². The third-order valence-corrected chi connectivity index (χ3v) is 8.24. The number of hydrogen-bond donors (Lipinski definition) is 2. The van der Waals surface area contributed by atoms with Crippen molar-refractivity contribution in [1.82, 2.24) is 8.96 Å². The van der Waals surface area contributed by atoms with Crippen LogP contribution < -0.4 is 11.1 Å². The maximum Gasteiger partial charge on any atom is 0.311 e. The molecule has 2 heterocycles. The number of nitro groups is 1. The van der Waals surface area contributed by atoms with Crippen molar-refractivity contribution in [3.8, 4) is 0 Å². The van der Waals surface area contributed by atoms with Gasteiger partial charge in [0.1, 0.15) is 11.9 Å². The Balaban J connectivity index is 1.55. The van der Waals surface area contributed by atoms with Gasteiger partial charge in [0.15, 0.2) is 5.65 Å². The average molecular weight is 442 g/mol. The van der Waals surface area contributed by atoms with Gasteiger partial charge >= 0.3 is 5.69 Å². The second-order valence-electron chi connectivity index (χ2n) is 8.51. The fraction of sp³-hybridized carbons (Fsp3) is 0.381. The number of nitrogens with one attached hydrogen (secondary N) is 1. The van der Waals surface area contributed by atoms with E-state index in [0.717, 1.165) is 35.9 Å². The average Bonchev–Trinajstić information content (AvgIpc) is 3.41. The molecule has 5 rings (SSSR count). The van der Waals surface area contributed by atoms with Gasteiger partial charge in [-0.1, -0.05) is 18.2 Å². The molecule has 31 heavy (non-hydrogen) atoms. The first-order valence-electron chi connectivity index (χ1n) is 10.3. The highest BCUT2D eigenvalue weighted by Gasteiger charge is 2.41. The van der Waals surface area contributed by atoms with Crippen LogP contribution in [0, 0.1) is 22.0 Å². The van der Waals surface area contributed by atoms with Crippen molar-refractivity contribution < 1.29 is 13.3 Å². The van der Waals surface area contributed by atoms with Crippen molar-refractivity contribution in [3.05, 3.63) is 58.9 Å². The van der Waals surface area contributed by atoms with E-state index in [1.54, 1.807) is 24.3 Å². The van der Waals surface area contributed by atoms with E-state index in [1.165, 1.54) is 18.3 Å².